The van der Waals surface area contributed by atoms with Gasteiger partial charge >= 0.3 is 0 Å². The number of hydrogen-bond acceptors (Lipinski definition) is 3. The number of amides is 1. The number of likely N-dealkylation sites (N-methyl/N-ethyl adjacent to an activating group) is 1. The van der Waals surface area contributed by atoms with Crippen LogP contribution in [0.3, 0.4) is 0 Å². The fraction of sp³-hybridized carbons (Fsp3) is 0.292. The van der Waals surface area contributed by atoms with E-state index in [1.54, 1.807) is 11.0 Å². The van der Waals surface area contributed by atoms with Gasteiger partial charge in [-0.25, -0.2) is 0 Å². The number of rotatable bonds is 5. The van der Waals surface area contributed by atoms with E-state index >= 15 is 0 Å². The number of benzene rings is 2. The molecule has 0 aliphatic carbocycles. The van der Waals surface area contributed by atoms with Crippen LogP contribution in [0.4, 0.5) is 5.69 Å². The van der Waals surface area contributed by atoms with Gasteiger partial charge in [-0.3, -0.25) is 4.79 Å². The summed E-state index contributed by atoms with van der Waals surface area (Å²) in [5, 5.41) is 0.668. The lowest BCUT2D eigenvalue weighted by Gasteiger charge is -2.24. The van der Waals surface area contributed by atoms with Crippen molar-refractivity contribution in [3.05, 3.63) is 76.3 Å². The highest BCUT2D eigenvalue weighted by Crippen LogP contribution is 2.29. The summed E-state index contributed by atoms with van der Waals surface area (Å²) >= 11 is 6.06. The van der Waals surface area contributed by atoms with E-state index in [0.717, 1.165) is 30.0 Å². The molecule has 29 heavy (non-hydrogen) atoms. The maximum atomic E-state index is 12.7. The summed E-state index contributed by atoms with van der Waals surface area (Å²) in [6.45, 7) is 3.21. The lowest BCUT2D eigenvalue weighted by Crippen LogP contribution is -2.26. The zero-order valence-corrected chi connectivity index (χ0v) is 17.4. The zero-order valence-electron chi connectivity index (χ0n) is 16.6. The molecule has 1 amide bonds. The standard InChI is InChI=1S/C24H25ClN2O2/c1-26(16-19-6-2-3-7-22(19)27-12-4-5-13-27)24(28)11-8-18-14-20-15-21(25)9-10-23(20)29-17-18/h2-3,6-11,14-15H,4-5,12-13,16-17H2,1H3/b11-8+. The van der Waals surface area contributed by atoms with Crippen molar-refractivity contribution >= 4 is 29.3 Å². The van der Waals surface area contributed by atoms with Crippen LogP contribution in [0.25, 0.3) is 6.08 Å². The molecule has 0 bridgehead atoms. The summed E-state index contributed by atoms with van der Waals surface area (Å²) in [6.07, 6.45) is 7.92. The maximum Gasteiger partial charge on any atom is 0.246 e. The molecule has 150 valence electrons. The molecule has 0 spiro atoms. The summed E-state index contributed by atoms with van der Waals surface area (Å²) < 4.78 is 5.74. The first-order valence-corrected chi connectivity index (χ1v) is 10.4. The third-order valence-electron chi connectivity index (χ3n) is 5.37. The number of ether oxygens (including phenoxy) is 1. The molecule has 0 saturated carbocycles. The zero-order chi connectivity index (χ0) is 20.2. The van der Waals surface area contributed by atoms with Gasteiger partial charge in [-0.1, -0.05) is 35.9 Å². The van der Waals surface area contributed by atoms with Crippen molar-refractivity contribution in [2.75, 3.05) is 31.6 Å². The van der Waals surface area contributed by atoms with Crippen molar-refractivity contribution in [3.8, 4) is 5.75 Å². The van der Waals surface area contributed by atoms with Gasteiger partial charge in [0, 0.05) is 49.0 Å². The van der Waals surface area contributed by atoms with Crippen LogP contribution >= 0.6 is 11.6 Å². The molecular weight excluding hydrogens is 384 g/mol. The SMILES string of the molecule is CN(Cc1ccccc1N1CCCC1)C(=O)/C=C/C1=Cc2cc(Cl)ccc2OC1. The Hall–Kier alpha value is -2.72. The Morgan fingerprint density at radius 1 is 1.21 bits per heavy atom. The number of hydrogen-bond donors (Lipinski definition) is 0. The summed E-state index contributed by atoms with van der Waals surface area (Å²) in [6, 6.07) is 13.9. The van der Waals surface area contributed by atoms with E-state index in [1.807, 2.05) is 43.5 Å². The number of halogens is 1. The summed E-state index contributed by atoms with van der Waals surface area (Å²) in [7, 11) is 1.84. The second kappa shape index (κ2) is 8.75. The smallest absolute Gasteiger partial charge is 0.246 e. The minimum atomic E-state index is -0.0287. The Morgan fingerprint density at radius 3 is 2.83 bits per heavy atom. The molecule has 2 aromatic carbocycles. The highest BCUT2D eigenvalue weighted by molar-refractivity contribution is 6.30. The molecule has 1 fully saturated rings. The van der Waals surface area contributed by atoms with E-state index in [9.17, 15) is 4.79 Å². The van der Waals surface area contributed by atoms with Crippen molar-refractivity contribution in [2.24, 2.45) is 0 Å². The highest BCUT2D eigenvalue weighted by atomic mass is 35.5. The van der Waals surface area contributed by atoms with Gasteiger partial charge in [0.25, 0.3) is 0 Å². The van der Waals surface area contributed by atoms with Crippen molar-refractivity contribution in [1.29, 1.82) is 0 Å². The third kappa shape index (κ3) is 4.65. The van der Waals surface area contributed by atoms with Crippen molar-refractivity contribution in [1.82, 2.24) is 4.90 Å². The van der Waals surface area contributed by atoms with E-state index in [4.69, 9.17) is 16.3 Å². The van der Waals surface area contributed by atoms with Gasteiger partial charge in [0.2, 0.25) is 5.91 Å². The molecule has 0 radical (unpaired) electrons. The lowest BCUT2D eigenvalue weighted by molar-refractivity contribution is -0.125. The Bertz CT molecular complexity index is 961. The second-order valence-electron chi connectivity index (χ2n) is 7.54. The molecule has 2 aliphatic rings. The van der Waals surface area contributed by atoms with Crippen LogP contribution in [0.15, 0.2) is 60.2 Å². The van der Waals surface area contributed by atoms with Crippen LogP contribution in [0.5, 0.6) is 5.75 Å². The normalized spacial score (nSPS) is 15.8. The van der Waals surface area contributed by atoms with E-state index < -0.39 is 0 Å². The third-order valence-corrected chi connectivity index (χ3v) is 5.60. The van der Waals surface area contributed by atoms with Gasteiger partial charge in [0.1, 0.15) is 12.4 Å². The minimum Gasteiger partial charge on any atom is -0.488 e. The molecule has 0 aromatic heterocycles. The summed E-state index contributed by atoms with van der Waals surface area (Å²) in [5.41, 5.74) is 4.30. The van der Waals surface area contributed by atoms with Gasteiger partial charge in [-0.05, 0) is 54.3 Å². The highest BCUT2D eigenvalue weighted by Gasteiger charge is 2.17. The Kier molecular flexibility index (Phi) is 5.91. The molecule has 2 aliphatic heterocycles. The average Bonchev–Trinajstić information content (AvgIpc) is 3.26. The summed E-state index contributed by atoms with van der Waals surface area (Å²) in [5.74, 6) is 0.785. The molecule has 5 heteroatoms. The second-order valence-corrected chi connectivity index (χ2v) is 7.98. The minimum absolute atomic E-state index is 0.0287. The monoisotopic (exact) mass is 408 g/mol. The van der Waals surface area contributed by atoms with Gasteiger partial charge in [0.15, 0.2) is 0 Å². The Balaban J connectivity index is 1.43. The Morgan fingerprint density at radius 2 is 2.00 bits per heavy atom. The molecule has 1 saturated heterocycles. The van der Waals surface area contributed by atoms with Crippen LogP contribution in [0.1, 0.15) is 24.0 Å². The van der Waals surface area contributed by atoms with Crippen molar-refractivity contribution < 1.29 is 9.53 Å². The number of carbonyl (C=O) groups is 1. The van der Waals surface area contributed by atoms with E-state index in [0.29, 0.717) is 18.2 Å². The van der Waals surface area contributed by atoms with Crippen LogP contribution in [-0.2, 0) is 11.3 Å². The molecule has 0 unspecified atom stereocenters. The van der Waals surface area contributed by atoms with Gasteiger partial charge in [-0.15, -0.1) is 0 Å². The van der Waals surface area contributed by atoms with E-state index in [1.165, 1.54) is 24.1 Å². The maximum absolute atomic E-state index is 12.7. The predicted molar refractivity (Wildman–Crippen MR) is 118 cm³/mol. The van der Waals surface area contributed by atoms with Crippen molar-refractivity contribution in [3.63, 3.8) is 0 Å². The van der Waals surface area contributed by atoms with Crippen LogP contribution in [0.2, 0.25) is 5.02 Å². The molecule has 0 N–H and O–H groups in total. The number of anilines is 1. The molecule has 4 rings (SSSR count). The van der Waals surface area contributed by atoms with Gasteiger partial charge in [0.05, 0.1) is 0 Å². The fourth-order valence-corrected chi connectivity index (χ4v) is 3.99. The van der Waals surface area contributed by atoms with E-state index in [-0.39, 0.29) is 5.91 Å². The molecule has 4 nitrogen and oxygen atoms in total. The first kappa shape index (κ1) is 19.6. The predicted octanol–water partition coefficient (Wildman–Crippen LogP) is 4.93. The van der Waals surface area contributed by atoms with Crippen LogP contribution in [-0.4, -0.2) is 37.6 Å². The quantitative estimate of drug-likeness (QED) is 0.657. The van der Waals surface area contributed by atoms with Gasteiger partial charge < -0.3 is 14.5 Å². The van der Waals surface area contributed by atoms with Crippen LogP contribution in [0, 0.1) is 0 Å². The molecule has 2 aromatic rings. The fourth-order valence-electron chi connectivity index (χ4n) is 3.81. The molecular formula is C24H25ClN2O2. The molecule has 2 heterocycles. The number of fused-ring (bicyclic) bond motifs is 1. The average molecular weight is 409 g/mol. The summed E-state index contributed by atoms with van der Waals surface area (Å²) in [4.78, 5) is 16.8. The van der Waals surface area contributed by atoms with Crippen molar-refractivity contribution in [2.45, 2.75) is 19.4 Å². The van der Waals surface area contributed by atoms with Crippen LogP contribution < -0.4 is 9.64 Å². The first-order valence-electron chi connectivity index (χ1n) is 9.99. The first-order chi connectivity index (χ1) is 14.1. The van der Waals surface area contributed by atoms with Gasteiger partial charge in [-0.2, -0.15) is 0 Å². The topological polar surface area (TPSA) is 32.8 Å². The largest absolute Gasteiger partial charge is 0.488 e. The number of para-hydroxylation sites is 1. The number of carbonyl (C=O) groups excluding carboxylic acids is 1. The Labute approximate surface area is 177 Å². The van der Waals surface area contributed by atoms with E-state index in [2.05, 4.69) is 23.1 Å². The number of nitrogens with zero attached hydrogens (tertiary/aromatic N) is 2. The lowest BCUT2D eigenvalue weighted by atomic mass is 10.1. The molecule has 0 atom stereocenters.